The topological polar surface area (TPSA) is 74.3 Å². The van der Waals surface area contributed by atoms with E-state index < -0.39 is 12.6 Å². The zero-order valence-electron chi connectivity index (χ0n) is 29.9. The second kappa shape index (κ2) is 17.8. The van der Waals surface area contributed by atoms with Crippen LogP contribution in [0.15, 0.2) is 133 Å². The summed E-state index contributed by atoms with van der Waals surface area (Å²) < 4.78 is 22.3. The van der Waals surface area contributed by atoms with E-state index in [0.717, 1.165) is 89.0 Å². The Morgan fingerprint density at radius 1 is 0.547 bits per heavy atom. The van der Waals surface area contributed by atoms with Crippen molar-refractivity contribution in [3.8, 4) is 0 Å². The Morgan fingerprint density at radius 3 is 1.36 bits per heavy atom. The van der Waals surface area contributed by atoms with E-state index in [9.17, 15) is 9.59 Å². The van der Waals surface area contributed by atoms with E-state index in [1.807, 2.05) is 60.7 Å². The Hall–Kier alpha value is -5.50. The van der Waals surface area contributed by atoms with Crippen LogP contribution in [0.2, 0.25) is 0 Å². The van der Waals surface area contributed by atoms with Crippen molar-refractivity contribution in [1.82, 2.24) is 0 Å². The van der Waals surface area contributed by atoms with Crippen LogP contribution in [0.5, 0.6) is 0 Å². The van der Waals surface area contributed by atoms with Gasteiger partial charge in [-0.05, 0) is 102 Å². The van der Waals surface area contributed by atoms with Crippen LogP contribution in [0.4, 0.5) is 17.1 Å². The van der Waals surface area contributed by atoms with Gasteiger partial charge in [-0.15, -0.1) is 0 Å². The molecule has 0 spiro atoms. The summed E-state index contributed by atoms with van der Waals surface area (Å²) in [4.78, 5) is 27.6. The molecule has 2 aliphatic rings. The van der Waals surface area contributed by atoms with E-state index >= 15 is 0 Å². The highest BCUT2D eigenvalue weighted by Crippen LogP contribution is 2.36. The number of esters is 2. The van der Waals surface area contributed by atoms with Crippen LogP contribution >= 0.6 is 0 Å². The van der Waals surface area contributed by atoms with Gasteiger partial charge in [-0.1, -0.05) is 97.1 Å². The van der Waals surface area contributed by atoms with Gasteiger partial charge in [-0.25, -0.2) is 0 Å². The fraction of sp³-hybridized carbons (Fsp3) is 0.261. The summed E-state index contributed by atoms with van der Waals surface area (Å²) >= 11 is 0. The molecule has 7 heteroatoms. The van der Waals surface area contributed by atoms with Gasteiger partial charge in [0, 0.05) is 29.9 Å². The Kier molecular flexibility index (Phi) is 12.1. The van der Waals surface area contributed by atoms with Crippen molar-refractivity contribution < 1.29 is 28.5 Å². The normalized spacial score (nSPS) is 17.0. The molecular formula is C46H45NO6. The lowest BCUT2D eigenvalue weighted by Crippen LogP contribution is -2.26. The zero-order chi connectivity index (χ0) is 36.2. The maximum absolute atomic E-state index is 12.7. The van der Waals surface area contributed by atoms with Crippen molar-refractivity contribution in [1.29, 1.82) is 0 Å². The largest absolute Gasteiger partial charge is 0.436 e. The van der Waals surface area contributed by atoms with E-state index in [4.69, 9.17) is 18.9 Å². The summed E-state index contributed by atoms with van der Waals surface area (Å²) in [6, 6.07) is 45.3. The SMILES string of the molecule is O=C(Cc1ccc(N(c2ccc(C=C(c3ccccc3)c3ccccc3)cc2)c2ccc(CC(=O)OC3CCCCO3)cc2)cc1)OC1CCCCO1. The lowest BCUT2D eigenvalue weighted by atomic mass is 9.95. The molecule has 7 nitrogen and oxygen atoms in total. The highest BCUT2D eigenvalue weighted by atomic mass is 16.7. The molecule has 270 valence electrons. The van der Waals surface area contributed by atoms with Gasteiger partial charge in [0.1, 0.15) is 0 Å². The first-order valence-corrected chi connectivity index (χ1v) is 18.6. The number of rotatable bonds is 12. The molecule has 2 heterocycles. The van der Waals surface area contributed by atoms with Crippen LogP contribution < -0.4 is 4.90 Å². The van der Waals surface area contributed by atoms with Gasteiger partial charge in [0.25, 0.3) is 0 Å². The minimum absolute atomic E-state index is 0.170. The van der Waals surface area contributed by atoms with Gasteiger partial charge >= 0.3 is 11.9 Å². The van der Waals surface area contributed by atoms with Crippen LogP contribution in [0.3, 0.4) is 0 Å². The minimum Gasteiger partial charge on any atom is -0.436 e. The minimum atomic E-state index is -0.453. The number of benzene rings is 5. The summed E-state index contributed by atoms with van der Waals surface area (Å²) in [5.41, 5.74) is 9.05. The summed E-state index contributed by atoms with van der Waals surface area (Å²) in [5.74, 6) is -0.584. The number of hydrogen-bond acceptors (Lipinski definition) is 7. The first kappa shape index (κ1) is 35.9. The molecule has 0 aliphatic carbocycles. The average molecular weight is 708 g/mol. The summed E-state index contributed by atoms with van der Waals surface area (Å²) in [5, 5.41) is 0. The Labute approximate surface area is 311 Å². The number of carbonyl (C=O) groups excluding carboxylic acids is 2. The smallest absolute Gasteiger partial charge is 0.312 e. The molecule has 2 fully saturated rings. The summed E-state index contributed by atoms with van der Waals surface area (Å²) in [7, 11) is 0. The predicted molar refractivity (Wildman–Crippen MR) is 208 cm³/mol. The lowest BCUT2D eigenvalue weighted by Gasteiger charge is -2.26. The number of anilines is 3. The second-order valence-electron chi connectivity index (χ2n) is 13.5. The van der Waals surface area contributed by atoms with Gasteiger partial charge < -0.3 is 23.8 Å². The Balaban J connectivity index is 1.14. The molecule has 2 atom stereocenters. The zero-order valence-corrected chi connectivity index (χ0v) is 29.9. The van der Waals surface area contributed by atoms with Crippen molar-refractivity contribution in [2.45, 2.75) is 63.9 Å². The Morgan fingerprint density at radius 2 is 0.962 bits per heavy atom. The molecule has 0 amide bonds. The van der Waals surface area contributed by atoms with Crippen LogP contribution in [0.1, 0.15) is 66.3 Å². The molecule has 0 aromatic heterocycles. The third-order valence-corrected chi connectivity index (χ3v) is 9.52. The van der Waals surface area contributed by atoms with Crippen molar-refractivity contribution in [3.63, 3.8) is 0 Å². The van der Waals surface area contributed by atoms with Gasteiger partial charge in [-0.3, -0.25) is 9.59 Å². The first-order valence-electron chi connectivity index (χ1n) is 18.6. The summed E-state index contributed by atoms with van der Waals surface area (Å²) in [6.07, 6.45) is 7.13. The van der Waals surface area contributed by atoms with Gasteiger partial charge in [0.15, 0.2) is 0 Å². The van der Waals surface area contributed by atoms with Crippen molar-refractivity contribution in [2.24, 2.45) is 0 Å². The molecule has 0 radical (unpaired) electrons. The third kappa shape index (κ3) is 9.89. The van der Waals surface area contributed by atoms with Crippen LogP contribution in [-0.4, -0.2) is 37.7 Å². The third-order valence-electron chi connectivity index (χ3n) is 9.52. The molecular weight excluding hydrogens is 663 g/mol. The molecule has 0 bridgehead atoms. The van der Waals surface area contributed by atoms with E-state index in [1.165, 1.54) is 0 Å². The number of carbonyl (C=O) groups is 2. The number of nitrogens with zero attached hydrogens (tertiary/aromatic N) is 1. The highest BCUT2D eigenvalue weighted by Gasteiger charge is 2.21. The molecule has 2 saturated heterocycles. The fourth-order valence-corrected chi connectivity index (χ4v) is 6.75. The van der Waals surface area contributed by atoms with E-state index in [-0.39, 0.29) is 24.8 Å². The van der Waals surface area contributed by atoms with E-state index in [2.05, 4.69) is 83.8 Å². The molecule has 53 heavy (non-hydrogen) atoms. The van der Waals surface area contributed by atoms with Crippen LogP contribution in [-0.2, 0) is 41.4 Å². The second-order valence-corrected chi connectivity index (χ2v) is 13.5. The molecule has 0 saturated carbocycles. The molecule has 7 rings (SSSR count). The van der Waals surface area contributed by atoms with Crippen LogP contribution in [0, 0.1) is 0 Å². The van der Waals surface area contributed by atoms with E-state index in [1.54, 1.807) is 0 Å². The lowest BCUT2D eigenvalue weighted by molar-refractivity contribution is -0.187. The van der Waals surface area contributed by atoms with Crippen LogP contribution in [0.25, 0.3) is 11.6 Å². The quantitative estimate of drug-likeness (QED) is 0.0944. The number of hydrogen-bond donors (Lipinski definition) is 0. The van der Waals surface area contributed by atoms with Crippen molar-refractivity contribution >= 4 is 40.6 Å². The average Bonchev–Trinajstić information content (AvgIpc) is 3.20. The first-order chi connectivity index (χ1) is 26.1. The van der Waals surface area contributed by atoms with Gasteiger partial charge in [-0.2, -0.15) is 0 Å². The monoisotopic (exact) mass is 707 g/mol. The van der Waals surface area contributed by atoms with Crippen molar-refractivity contribution in [3.05, 3.63) is 161 Å². The van der Waals surface area contributed by atoms with E-state index in [0.29, 0.717) is 13.2 Å². The molecule has 2 unspecified atom stereocenters. The molecule has 2 aliphatic heterocycles. The molecule has 0 N–H and O–H groups in total. The molecule has 5 aromatic rings. The highest BCUT2D eigenvalue weighted by molar-refractivity contribution is 5.91. The number of ether oxygens (including phenoxy) is 4. The standard InChI is InChI=1S/C46H45NO6/c48-43(52-45-15-7-9-29-50-45)32-35-19-25-40(26-20-35)47(41-27-21-36(22-28-41)33-44(49)53-46-16-8-10-30-51-46)39-23-17-34(18-24-39)31-42(37-11-3-1-4-12-37)38-13-5-2-6-14-38/h1-6,11-14,17-28,31,45-46H,7-10,15-16,29-30,32-33H2. The Bertz CT molecular complexity index is 1830. The van der Waals surface area contributed by atoms with Gasteiger partial charge in [0.05, 0.1) is 26.1 Å². The molecule has 5 aromatic carbocycles. The maximum atomic E-state index is 12.7. The summed E-state index contributed by atoms with van der Waals surface area (Å²) in [6.45, 7) is 1.25. The van der Waals surface area contributed by atoms with Crippen molar-refractivity contribution in [2.75, 3.05) is 18.1 Å². The fourth-order valence-electron chi connectivity index (χ4n) is 6.75. The predicted octanol–water partition coefficient (Wildman–Crippen LogP) is 9.97. The van der Waals surface area contributed by atoms with Gasteiger partial charge in [0.2, 0.25) is 12.6 Å². The maximum Gasteiger partial charge on any atom is 0.312 e.